The summed E-state index contributed by atoms with van der Waals surface area (Å²) in [5.41, 5.74) is 10.9. The lowest BCUT2D eigenvalue weighted by molar-refractivity contribution is -0.130. The molecule has 0 fully saturated rings. The summed E-state index contributed by atoms with van der Waals surface area (Å²) in [6.45, 7) is 3.86. The van der Waals surface area contributed by atoms with Crippen LogP contribution >= 0.6 is 0 Å². The van der Waals surface area contributed by atoms with E-state index in [2.05, 4.69) is 10.3 Å². The summed E-state index contributed by atoms with van der Waals surface area (Å²) in [5, 5.41) is 3.79. The van der Waals surface area contributed by atoms with Crippen LogP contribution in [0, 0.1) is 13.8 Å². The Hall–Kier alpha value is -4.39. The molecule has 0 aliphatic carbocycles. The second kappa shape index (κ2) is 11.1. The first-order valence-corrected chi connectivity index (χ1v) is 12.3. The monoisotopic (exact) mass is 496 g/mol. The molecule has 0 saturated heterocycles. The van der Waals surface area contributed by atoms with Crippen LogP contribution in [0.4, 0.5) is 0 Å². The Morgan fingerprint density at radius 2 is 1.57 bits per heavy atom. The molecule has 2 atom stereocenters. The number of nitrogens with zero attached hydrogens (tertiary/aromatic N) is 1. The van der Waals surface area contributed by atoms with Crippen molar-refractivity contribution in [2.24, 2.45) is 5.73 Å². The van der Waals surface area contributed by atoms with Crippen molar-refractivity contribution in [2.75, 3.05) is 7.05 Å². The van der Waals surface area contributed by atoms with E-state index >= 15 is 0 Å². The van der Waals surface area contributed by atoms with Gasteiger partial charge in [-0.05, 0) is 43.2 Å². The molecule has 4 rings (SSSR count). The zero-order valence-corrected chi connectivity index (χ0v) is 21.3. The van der Waals surface area contributed by atoms with E-state index in [1.807, 2.05) is 92.8 Å². The van der Waals surface area contributed by atoms with Gasteiger partial charge < -0.3 is 20.9 Å². The van der Waals surface area contributed by atoms with Crippen LogP contribution in [0.5, 0.6) is 0 Å². The fourth-order valence-electron chi connectivity index (χ4n) is 4.70. The maximum Gasteiger partial charge on any atom is 0.254 e. The number of benzene rings is 3. The van der Waals surface area contributed by atoms with E-state index in [9.17, 15) is 14.4 Å². The number of hydrogen-bond donors (Lipinski definition) is 3. The Balaban J connectivity index is 1.60. The van der Waals surface area contributed by atoms with Crippen molar-refractivity contribution in [2.45, 2.75) is 38.8 Å². The molecule has 0 aliphatic heterocycles. The molecule has 3 aromatic carbocycles. The van der Waals surface area contributed by atoms with Gasteiger partial charge in [0.1, 0.15) is 12.1 Å². The quantitative estimate of drug-likeness (QED) is 0.329. The SMILES string of the molecule is Cc1cc(C)cc(C(=O)N(C)[C@@H](Cc2ccccc2)C(=O)N[C@@H](Cc2c[nH]c3ccccc23)C(N)=O)c1. The summed E-state index contributed by atoms with van der Waals surface area (Å²) in [6.07, 6.45) is 2.35. The highest BCUT2D eigenvalue weighted by molar-refractivity contribution is 5.98. The molecule has 7 nitrogen and oxygen atoms in total. The third-order valence-electron chi connectivity index (χ3n) is 6.59. The Morgan fingerprint density at radius 1 is 0.919 bits per heavy atom. The second-order valence-electron chi connectivity index (χ2n) is 9.53. The minimum atomic E-state index is -0.935. The summed E-state index contributed by atoms with van der Waals surface area (Å²) in [4.78, 5) is 44.1. The standard InChI is InChI=1S/C30H32N4O3/c1-19-13-20(2)15-22(14-19)30(37)34(3)27(16-21-9-5-4-6-10-21)29(36)33-26(28(31)35)17-23-18-32-25-12-8-7-11-24(23)25/h4-15,18,26-27,32H,16-17H2,1-3H3,(H2,31,35)(H,33,36)/t26-,27-/m0/s1. The zero-order chi connectivity index (χ0) is 26.5. The maximum absolute atomic E-state index is 13.6. The summed E-state index contributed by atoms with van der Waals surface area (Å²) in [5.74, 6) is -1.34. The van der Waals surface area contributed by atoms with Crippen molar-refractivity contribution in [1.82, 2.24) is 15.2 Å². The zero-order valence-electron chi connectivity index (χ0n) is 21.3. The minimum Gasteiger partial charge on any atom is -0.368 e. The summed E-state index contributed by atoms with van der Waals surface area (Å²) < 4.78 is 0. The number of rotatable bonds is 9. The van der Waals surface area contributed by atoms with E-state index in [-0.39, 0.29) is 18.7 Å². The number of aromatic nitrogens is 1. The van der Waals surface area contributed by atoms with Crippen molar-refractivity contribution in [3.05, 3.63) is 107 Å². The van der Waals surface area contributed by atoms with E-state index < -0.39 is 23.9 Å². The topological polar surface area (TPSA) is 108 Å². The molecule has 0 aliphatic rings. The average molecular weight is 497 g/mol. The van der Waals surface area contributed by atoms with Crippen LogP contribution in [0.25, 0.3) is 10.9 Å². The van der Waals surface area contributed by atoms with E-state index in [1.165, 1.54) is 4.90 Å². The van der Waals surface area contributed by atoms with Crippen molar-refractivity contribution < 1.29 is 14.4 Å². The average Bonchev–Trinajstić information content (AvgIpc) is 3.28. The fraction of sp³-hybridized carbons (Fsp3) is 0.233. The summed E-state index contributed by atoms with van der Waals surface area (Å²) >= 11 is 0. The van der Waals surface area contributed by atoms with Crippen LogP contribution in [-0.2, 0) is 22.4 Å². The smallest absolute Gasteiger partial charge is 0.254 e. The van der Waals surface area contributed by atoms with Crippen molar-refractivity contribution >= 4 is 28.6 Å². The molecule has 37 heavy (non-hydrogen) atoms. The normalized spacial score (nSPS) is 12.6. The van der Waals surface area contributed by atoms with Crippen LogP contribution in [-0.4, -0.2) is 46.7 Å². The highest BCUT2D eigenvalue weighted by Gasteiger charge is 2.31. The fourth-order valence-corrected chi connectivity index (χ4v) is 4.70. The Labute approximate surface area is 216 Å². The third-order valence-corrected chi connectivity index (χ3v) is 6.59. The molecule has 3 amide bonds. The molecule has 4 N–H and O–H groups in total. The number of nitrogens with two attached hydrogens (primary N) is 1. The Morgan fingerprint density at radius 3 is 2.24 bits per heavy atom. The van der Waals surface area contributed by atoms with E-state index in [1.54, 1.807) is 7.05 Å². The third kappa shape index (κ3) is 6.06. The molecule has 190 valence electrons. The lowest BCUT2D eigenvalue weighted by Crippen LogP contribution is -2.54. The van der Waals surface area contributed by atoms with Crippen LogP contribution in [0.1, 0.15) is 32.6 Å². The number of aryl methyl sites for hydroxylation is 2. The molecule has 7 heteroatoms. The second-order valence-corrected chi connectivity index (χ2v) is 9.53. The number of aromatic amines is 1. The predicted molar refractivity (Wildman–Crippen MR) is 145 cm³/mol. The number of primary amides is 1. The molecule has 0 unspecified atom stereocenters. The number of para-hydroxylation sites is 1. The van der Waals surface area contributed by atoms with Crippen LogP contribution in [0.15, 0.2) is 79.0 Å². The minimum absolute atomic E-state index is 0.234. The molecular formula is C30H32N4O3. The van der Waals surface area contributed by atoms with Crippen molar-refractivity contribution in [3.8, 4) is 0 Å². The number of hydrogen-bond acceptors (Lipinski definition) is 3. The van der Waals surface area contributed by atoms with Gasteiger partial charge >= 0.3 is 0 Å². The first kappa shape index (κ1) is 25.7. The molecule has 0 spiro atoms. The molecular weight excluding hydrogens is 464 g/mol. The van der Waals surface area contributed by atoms with Gasteiger partial charge in [-0.3, -0.25) is 14.4 Å². The summed E-state index contributed by atoms with van der Waals surface area (Å²) in [7, 11) is 1.62. The lowest BCUT2D eigenvalue weighted by atomic mass is 10.0. The molecule has 1 aromatic heterocycles. The van der Waals surface area contributed by atoms with Gasteiger partial charge in [-0.1, -0.05) is 65.7 Å². The number of nitrogens with one attached hydrogen (secondary N) is 2. The largest absolute Gasteiger partial charge is 0.368 e. The van der Waals surface area contributed by atoms with Gasteiger partial charge in [-0.2, -0.15) is 0 Å². The number of carbonyl (C=O) groups is 3. The highest BCUT2D eigenvalue weighted by atomic mass is 16.2. The van der Waals surface area contributed by atoms with Gasteiger partial charge in [-0.15, -0.1) is 0 Å². The Kier molecular flexibility index (Phi) is 7.72. The summed E-state index contributed by atoms with van der Waals surface area (Å²) in [6, 6.07) is 21.1. The van der Waals surface area contributed by atoms with E-state index in [0.717, 1.165) is 33.2 Å². The van der Waals surface area contributed by atoms with Gasteiger partial charge in [0.15, 0.2) is 0 Å². The van der Waals surface area contributed by atoms with Crippen molar-refractivity contribution in [1.29, 1.82) is 0 Å². The van der Waals surface area contributed by atoms with E-state index in [0.29, 0.717) is 5.56 Å². The predicted octanol–water partition coefficient (Wildman–Crippen LogP) is 3.68. The van der Waals surface area contributed by atoms with Crippen molar-refractivity contribution in [3.63, 3.8) is 0 Å². The first-order chi connectivity index (χ1) is 17.7. The molecule has 0 bridgehead atoms. The Bertz CT molecular complexity index is 1410. The van der Waals surface area contributed by atoms with Gasteiger partial charge in [0.25, 0.3) is 5.91 Å². The maximum atomic E-state index is 13.6. The molecule has 0 radical (unpaired) electrons. The van der Waals surface area contributed by atoms with Gasteiger partial charge in [0.05, 0.1) is 0 Å². The number of fused-ring (bicyclic) bond motifs is 1. The number of H-pyrrole nitrogens is 1. The number of carbonyl (C=O) groups excluding carboxylic acids is 3. The lowest BCUT2D eigenvalue weighted by Gasteiger charge is -2.29. The molecule has 4 aromatic rings. The highest BCUT2D eigenvalue weighted by Crippen LogP contribution is 2.20. The van der Waals surface area contributed by atoms with Crippen LogP contribution < -0.4 is 11.1 Å². The molecule has 0 saturated carbocycles. The van der Waals surface area contributed by atoms with Gasteiger partial charge in [-0.25, -0.2) is 0 Å². The van der Waals surface area contributed by atoms with E-state index in [4.69, 9.17) is 5.73 Å². The first-order valence-electron chi connectivity index (χ1n) is 12.3. The molecule has 1 heterocycles. The van der Waals surface area contributed by atoms with Gasteiger partial charge in [0, 0.05) is 42.6 Å². The van der Waals surface area contributed by atoms with Gasteiger partial charge in [0.2, 0.25) is 11.8 Å². The number of amides is 3. The van der Waals surface area contributed by atoms with Crippen LogP contribution in [0.3, 0.4) is 0 Å². The van der Waals surface area contributed by atoms with Crippen LogP contribution in [0.2, 0.25) is 0 Å². The number of likely N-dealkylation sites (N-methyl/N-ethyl adjacent to an activating group) is 1.